The first-order chi connectivity index (χ1) is 7.84. The number of ketones is 1. The number of carbonyl (C=O) groups excluding carboxylic acids is 1. The van der Waals surface area contributed by atoms with Crippen LogP contribution in [0.25, 0.3) is 0 Å². The highest BCUT2D eigenvalue weighted by molar-refractivity contribution is 6.99. The number of carbonyl (C=O) groups is 1. The highest BCUT2D eigenvalue weighted by Crippen LogP contribution is 2.37. The summed E-state index contributed by atoms with van der Waals surface area (Å²) in [6.45, 7) is 0. The van der Waals surface area contributed by atoms with Crippen molar-refractivity contribution in [2.75, 3.05) is 0 Å². The lowest BCUT2D eigenvalue weighted by Crippen LogP contribution is -2.20. The number of Topliss-reactive ketones (excluding diaryl/α,β-unsaturated/α-hetero) is 1. The minimum absolute atomic E-state index is 0.105. The summed E-state index contributed by atoms with van der Waals surface area (Å²) >= 11 is 1.09. The zero-order chi connectivity index (χ0) is 11.0. The number of benzene rings is 1. The molecule has 0 N–H and O–H groups in total. The maximum atomic E-state index is 11.8. The van der Waals surface area contributed by atoms with Gasteiger partial charge in [0.2, 0.25) is 0 Å². The molecule has 3 rings (SSSR count). The van der Waals surface area contributed by atoms with Gasteiger partial charge < -0.3 is 0 Å². The molecule has 1 unspecified atom stereocenters. The number of hydrogen-bond donors (Lipinski definition) is 0. The lowest BCUT2D eigenvalue weighted by atomic mass is 9.75. The molecule has 1 aromatic heterocycles. The average Bonchev–Trinajstić information content (AvgIpc) is 2.79. The minimum atomic E-state index is 0.105. The van der Waals surface area contributed by atoms with Crippen LogP contribution in [0.1, 0.15) is 34.0 Å². The molecule has 1 aliphatic carbocycles. The minimum Gasteiger partial charge on any atom is -0.292 e. The van der Waals surface area contributed by atoms with Crippen LogP contribution >= 0.6 is 11.7 Å². The third-order valence-corrected chi connectivity index (χ3v) is 3.52. The molecule has 2 aromatic rings. The maximum absolute atomic E-state index is 11.8. The summed E-state index contributed by atoms with van der Waals surface area (Å²) in [6, 6.07) is 8.30. The Labute approximate surface area is 97.5 Å². The van der Waals surface area contributed by atoms with Crippen molar-refractivity contribution in [1.29, 1.82) is 0 Å². The van der Waals surface area contributed by atoms with Crippen LogP contribution in [0, 0.1) is 0 Å². The van der Waals surface area contributed by atoms with E-state index in [9.17, 15) is 4.79 Å². The molecule has 1 aromatic carbocycles. The number of rotatable bonds is 3. The van der Waals surface area contributed by atoms with Crippen LogP contribution < -0.4 is 0 Å². The lowest BCUT2D eigenvalue weighted by Gasteiger charge is -2.29. The Balaban J connectivity index is 1.73. The summed E-state index contributed by atoms with van der Waals surface area (Å²) in [5, 5.41) is 0. The molecule has 0 saturated carbocycles. The van der Waals surface area contributed by atoms with E-state index in [0.29, 0.717) is 18.0 Å². The third kappa shape index (κ3) is 1.55. The normalized spacial score (nSPS) is 17.6. The number of nitrogens with zero attached hydrogens (tertiary/aromatic N) is 2. The molecule has 0 fully saturated rings. The van der Waals surface area contributed by atoms with Crippen molar-refractivity contribution in [1.82, 2.24) is 8.75 Å². The van der Waals surface area contributed by atoms with Gasteiger partial charge in [-0.05, 0) is 23.5 Å². The lowest BCUT2D eigenvalue weighted by molar-refractivity contribution is 0.0966. The van der Waals surface area contributed by atoms with E-state index in [4.69, 9.17) is 0 Å². The van der Waals surface area contributed by atoms with Crippen molar-refractivity contribution in [3.05, 3.63) is 47.3 Å². The molecule has 0 amide bonds. The summed E-state index contributed by atoms with van der Waals surface area (Å²) in [6.07, 6.45) is 3.12. The van der Waals surface area contributed by atoms with E-state index >= 15 is 0 Å². The van der Waals surface area contributed by atoms with Gasteiger partial charge in [0, 0.05) is 6.42 Å². The van der Waals surface area contributed by atoms with Crippen LogP contribution in [-0.2, 0) is 6.42 Å². The predicted molar refractivity (Wildman–Crippen MR) is 61.7 cm³/mol. The molecule has 1 heterocycles. The topological polar surface area (TPSA) is 42.9 Å². The molecule has 0 aliphatic heterocycles. The Morgan fingerprint density at radius 3 is 3.06 bits per heavy atom. The van der Waals surface area contributed by atoms with Gasteiger partial charge in [0.05, 0.1) is 17.9 Å². The highest BCUT2D eigenvalue weighted by atomic mass is 32.1. The number of hydrogen-bond acceptors (Lipinski definition) is 4. The fourth-order valence-electron chi connectivity index (χ4n) is 2.16. The molecule has 1 atom stereocenters. The van der Waals surface area contributed by atoms with Gasteiger partial charge in [0.1, 0.15) is 5.69 Å². The van der Waals surface area contributed by atoms with E-state index in [0.717, 1.165) is 18.1 Å². The molecule has 0 saturated heterocycles. The maximum Gasteiger partial charge on any atom is 0.184 e. The molecule has 0 radical (unpaired) electrons. The zero-order valence-corrected chi connectivity index (χ0v) is 9.41. The van der Waals surface area contributed by atoms with Crippen LogP contribution in [-0.4, -0.2) is 14.5 Å². The Bertz CT molecular complexity index is 522. The molecule has 1 aliphatic rings. The van der Waals surface area contributed by atoms with Crippen LogP contribution in [0.3, 0.4) is 0 Å². The van der Waals surface area contributed by atoms with Crippen molar-refractivity contribution < 1.29 is 4.79 Å². The Kier molecular flexibility index (Phi) is 2.29. The molecular weight excluding hydrogens is 220 g/mol. The van der Waals surface area contributed by atoms with Gasteiger partial charge in [-0.2, -0.15) is 8.75 Å². The fraction of sp³-hybridized carbons (Fsp3) is 0.250. The van der Waals surface area contributed by atoms with E-state index in [1.54, 1.807) is 6.20 Å². The van der Waals surface area contributed by atoms with Gasteiger partial charge in [0.25, 0.3) is 0 Å². The van der Waals surface area contributed by atoms with E-state index in [1.807, 2.05) is 12.1 Å². The van der Waals surface area contributed by atoms with Crippen LogP contribution in [0.4, 0.5) is 0 Å². The van der Waals surface area contributed by atoms with Gasteiger partial charge >= 0.3 is 0 Å². The van der Waals surface area contributed by atoms with Crippen molar-refractivity contribution in [3.8, 4) is 0 Å². The van der Waals surface area contributed by atoms with Crippen LogP contribution in [0.15, 0.2) is 30.5 Å². The van der Waals surface area contributed by atoms with E-state index in [-0.39, 0.29) is 5.78 Å². The smallest absolute Gasteiger partial charge is 0.184 e. The summed E-state index contributed by atoms with van der Waals surface area (Å²) < 4.78 is 7.81. The Morgan fingerprint density at radius 2 is 2.31 bits per heavy atom. The van der Waals surface area contributed by atoms with E-state index in [1.165, 1.54) is 11.1 Å². The molecule has 4 heteroatoms. The fourth-order valence-corrected chi connectivity index (χ4v) is 2.59. The molecular formula is C12H10N2OS. The largest absolute Gasteiger partial charge is 0.292 e. The number of aromatic nitrogens is 2. The summed E-state index contributed by atoms with van der Waals surface area (Å²) in [5.41, 5.74) is 3.20. The first kappa shape index (κ1) is 9.66. The average molecular weight is 230 g/mol. The predicted octanol–water partition coefficient (Wildman–Crippen LogP) is 2.45. The van der Waals surface area contributed by atoms with Gasteiger partial charge in [0.15, 0.2) is 5.78 Å². The molecule has 16 heavy (non-hydrogen) atoms. The second kappa shape index (κ2) is 3.79. The second-order valence-electron chi connectivity index (χ2n) is 4.02. The van der Waals surface area contributed by atoms with Gasteiger partial charge in [-0.3, -0.25) is 4.79 Å². The highest BCUT2D eigenvalue weighted by Gasteiger charge is 2.28. The second-order valence-corrected chi connectivity index (χ2v) is 4.58. The van der Waals surface area contributed by atoms with Crippen molar-refractivity contribution in [2.45, 2.75) is 18.8 Å². The third-order valence-electron chi connectivity index (χ3n) is 3.04. The summed E-state index contributed by atoms with van der Waals surface area (Å²) in [5.74, 6) is 0.485. The zero-order valence-electron chi connectivity index (χ0n) is 8.59. The van der Waals surface area contributed by atoms with Gasteiger partial charge in [-0.1, -0.05) is 24.3 Å². The monoisotopic (exact) mass is 230 g/mol. The number of fused-ring (bicyclic) bond motifs is 1. The van der Waals surface area contributed by atoms with Crippen LogP contribution in [0.5, 0.6) is 0 Å². The standard InChI is InChI=1S/C12H10N2OS/c15-12(11-7-13-16-14-11)6-9-5-8-3-1-2-4-10(8)9/h1-4,7,9H,5-6H2. The van der Waals surface area contributed by atoms with Crippen molar-refractivity contribution in [2.24, 2.45) is 0 Å². The Hall–Kier alpha value is -1.55. The molecule has 3 nitrogen and oxygen atoms in total. The van der Waals surface area contributed by atoms with E-state index in [2.05, 4.69) is 20.9 Å². The molecule has 0 spiro atoms. The first-order valence-electron chi connectivity index (χ1n) is 5.23. The quantitative estimate of drug-likeness (QED) is 0.761. The molecule has 80 valence electrons. The first-order valence-corrected chi connectivity index (χ1v) is 5.96. The molecule has 0 bridgehead atoms. The summed E-state index contributed by atoms with van der Waals surface area (Å²) in [4.78, 5) is 11.8. The van der Waals surface area contributed by atoms with Gasteiger partial charge in [-0.25, -0.2) is 0 Å². The van der Waals surface area contributed by atoms with Crippen molar-refractivity contribution >= 4 is 17.5 Å². The van der Waals surface area contributed by atoms with Crippen LogP contribution in [0.2, 0.25) is 0 Å². The van der Waals surface area contributed by atoms with Crippen molar-refractivity contribution in [3.63, 3.8) is 0 Å². The van der Waals surface area contributed by atoms with E-state index < -0.39 is 0 Å². The summed E-state index contributed by atoms with van der Waals surface area (Å²) in [7, 11) is 0. The SMILES string of the molecule is O=C(CC1Cc2ccccc21)c1cnsn1. The Morgan fingerprint density at radius 1 is 1.44 bits per heavy atom. The van der Waals surface area contributed by atoms with Gasteiger partial charge in [-0.15, -0.1) is 0 Å².